The molecule has 0 bridgehead atoms. The smallest absolute Gasteiger partial charge is 0.214 e. The second kappa shape index (κ2) is 6.18. The van der Waals surface area contributed by atoms with Crippen LogP contribution in [0, 0.1) is 0 Å². The summed E-state index contributed by atoms with van der Waals surface area (Å²) in [7, 11) is -1.51. The van der Waals surface area contributed by atoms with Gasteiger partial charge < -0.3 is 4.74 Å². The third-order valence-corrected chi connectivity index (χ3v) is 5.10. The van der Waals surface area contributed by atoms with Crippen molar-refractivity contribution < 1.29 is 13.2 Å². The molecule has 1 atom stereocenters. The second-order valence-electron chi connectivity index (χ2n) is 3.85. The van der Waals surface area contributed by atoms with Gasteiger partial charge in [0.15, 0.2) is 0 Å². The molecule has 1 saturated carbocycles. The van der Waals surface area contributed by atoms with Gasteiger partial charge in [-0.05, 0) is 12.8 Å². The summed E-state index contributed by atoms with van der Waals surface area (Å²) >= 11 is 3.35. The van der Waals surface area contributed by atoms with Crippen LogP contribution in [-0.4, -0.2) is 38.8 Å². The molecule has 0 spiro atoms. The van der Waals surface area contributed by atoms with Gasteiger partial charge in [0.1, 0.15) is 0 Å². The molecule has 0 amide bonds. The quantitative estimate of drug-likeness (QED) is 0.751. The van der Waals surface area contributed by atoms with Crippen LogP contribution in [-0.2, 0) is 14.8 Å². The first-order valence-corrected chi connectivity index (χ1v) is 7.64. The van der Waals surface area contributed by atoms with Crippen molar-refractivity contribution in [2.24, 2.45) is 0 Å². The van der Waals surface area contributed by atoms with Gasteiger partial charge in [0.05, 0.1) is 16.7 Å². The van der Waals surface area contributed by atoms with Crippen LogP contribution in [0.2, 0.25) is 0 Å². The molecule has 1 aliphatic carbocycles. The van der Waals surface area contributed by atoms with Crippen molar-refractivity contribution in [3.63, 3.8) is 0 Å². The maximum atomic E-state index is 11.8. The third-order valence-electron chi connectivity index (χ3n) is 2.59. The van der Waals surface area contributed by atoms with Crippen LogP contribution in [0.25, 0.3) is 0 Å². The fourth-order valence-electron chi connectivity index (χ4n) is 1.76. The van der Waals surface area contributed by atoms with Crippen LogP contribution >= 0.6 is 15.9 Å². The molecule has 1 aliphatic rings. The molecule has 0 aliphatic heterocycles. The SMILES string of the molecule is COCC(Br)CNS(=O)(=O)C1CCCC1. The van der Waals surface area contributed by atoms with Gasteiger partial charge in [-0.2, -0.15) is 0 Å². The van der Waals surface area contributed by atoms with Crippen molar-refractivity contribution in [3.05, 3.63) is 0 Å². The predicted octanol–water partition coefficient (Wildman–Crippen LogP) is 1.26. The van der Waals surface area contributed by atoms with E-state index >= 15 is 0 Å². The van der Waals surface area contributed by atoms with Gasteiger partial charge in [-0.25, -0.2) is 13.1 Å². The molecule has 0 saturated heterocycles. The third kappa shape index (κ3) is 4.38. The van der Waals surface area contributed by atoms with Gasteiger partial charge in [0, 0.05) is 13.7 Å². The molecule has 6 heteroatoms. The number of nitrogens with one attached hydrogen (secondary N) is 1. The van der Waals surface area contributed by atoms with Crippen LogP contribution in [0.4, 0.5) is 0 Å². The van der Waals surface area contributed by atoms with Crippen molar-refractivity contribution in [2.75, 3.05) is 20.3 Å². The Morgan fingerprint density at radius 3 is 2.60 bits per heavy atom. The van der Waals surface area contributed by atoms with Gasteiger partial charge in [0.2, 0.25) is 10.0 Å². The van der Waals surface area contributed by atoms with E-state index in [0.29, 0.717) is 13.2 Å². The fourth-order valence-corrected chi connectivity index (χ4v) is 4.03. The van der Waals surface area contributed by atoms with E-state index in [0.717, 1.165) is 25.7 Å². The lowest BCUT2D eigenvalue weighted by Crippen LogP contribution is -2.37. The Balaban J connectivity index is 2.35. The first-order valence-electron chi connectivity index (χ1n) is 5.17. The summed E-state index contributed by atoms with van der Waals surface area (Å²) in [6.07, 6.45) is 3.65. The minimum Gasteiger partial charge on any atom is -0.383 e. The van der Waals surface area contributed by atoms with Crippen LogP contribution in [0.3, 0.4) is 0 Å². The number of hydrogen-bond donors (Lipinski definition) is 1. The molecule has 0 aromatic carbocycles. The molecule has 1 unspecified atom stereocenters. The minimum atomic E-state index is -3.11. The number of hydrogen-bond acceptors (Lipinski definition) is 3. The normalized spacial score (nSPS) is 20.7. The summed E-state index contributed by atoms with van der Waals surface area (Å²) in [4.78, 5) is 0.0404. The summed E-state index contributed by atoms with van der Waals surface area (Å²) in [5, 5.41) is -0.181. The molecule has 1 fully saturated rings. The summed E-state index contributed by atoms with van der Waals surface area (Å²) in [5.41, 5.74) is 0. The van der Waals surface area contributed by atoms with E-state index in [9.17, 15) is 8.42 Å². The number of rotatable bonds is 6. The van der Waals surface area contributed by atoms with E-state index in [1.807, 2.05) is 0 Å². The van der Waals surface area contributed by atoms with E-state index in [1.54, 1.807) is 7.11 Å². The molecule has 0 aromatic rings. The van der Waals surface area contributed by atoms with Crippen LogP contribution in [0.15, 0.2) is 0 Å². The molecule has 15 heavy (non-hydrogen) atoms. The number of ether oxygens (including phenoxy) is 1. The average Bonchev–Trinajstić information content (AvgIpc) is 2.69. The van der Waals surface area contributed by atoms with Crippen LogP contribution in [0.5, 0.6) is 0 Å². The molecule has 1 N–H and O–H groups in total. The number of halogens is 1. The molecule has 1 rings (SSSR count). The highest BCUT2D eigenvalue weighted by Gasteiger charge is 2.28. The topological polar surface area (TPSA) is 55.4 Å². The van der Waals surface area contributed by atoms with E-state index in [1.165, 1.54) is 0 Å². The monoisotopic (exact) mass is 299 g/mol. The molecular formula is C9H18BrNO3S. The Morgan fingerprint density at radius 2 is 2.07 bits per heavy atom. The van der Waals surface area contributed by atoms with Crippen molar-refractivity contribution in [2.45, 2.75) is 35.8 Å². The second-order valence-corrected chi connectivity index (χ2v) is 7.19. The maximum Gasteiger partial charge on any atom is 0.214 e. The molecule has 0 heterocycles. The first-order chi connectivity index (χ1) is 7.06. The van der Waals surface area contributed by atoms with Crippen molar-refractivity contribution in [1.29, 1.82) is 0 Å². The Labute approximate surface area is 99.9 Å². The zero-order chi connectivity index (χ0) is 11.3. The zero-order valence-electron chi connectivity index (χ0n) is 8.91. The highest BCUT2D eigenvalue weighted by molar-refractivity contribution is 9.09. The van der Waals surface area contributed by atoms with Gasteiger partial charge in [0.25, 0.3) is 0 Å². The van der Waals surface area contributed by atoms with Crippen LogP contribution < -0.4 is 4.72 Å². The minimum absolute atomic E-state index is 0.0404. The number of sulfonamides is 1. The lowest BCUT2D eigenvalue weighted by atomic mass is 10.4. The number of alkyl halides is 1. The molecule has 0 radical (unpaired) electrons. The first kappa shape index (κ1) is 13.4. The summed E-state index contributed by atoms with van der Waals surface area (Å²) in [6, 6.07) is 0. The largest absolute Gasteiger partial charge is 0.383 e. The van der Waals surface area contributed by atoms with Crippen LogP contribution in [0.1, 0.15) is 25.7 Å². The highest BCUT2D eigenvalue weighted by atomic mass is 79.9. The van der Waals surface area contributed by atoms with E-state index in [-0.39, 0.29) is 10.1 Å². The van der Waals surface area contributed by atoms with Crippen molar-refractivity contribution >= 4 is 26.0 Å². The average molecular weight is 300 g/mol. The summed E-state index contributed by atoms with van der Waals surface area (Å²) < 4.78 is 31.1. The molecular weight excluding hydrogens is 282 g/mol. The predicted molar refractivity (Wildman–Crippen MR) is 63.8 cm³/mol. The zero-order valence-corrected chi connectivity index (χ0v) is 11.3. The Bertz CT molecular complexity index is 275. The van der Waals surface area contributed by atoms with Gasteiger partial charge in [-0.3, -0.25) is 0 Å². The Hall–Kier alpha value is 0.350. The van der Waals surface area contributed by atoms with E-state index in [4.69, 9.17) is 4.74 Å². The van der Waals surface area contributed by atoms with Crippen molar-refractivity contribution in [3.8, 4) is 0 Å². The van der Waals surface area contributed by atoms with E-state index in [2.05, 4.69) is 20.7 Å². The maximum absolute atomic E-state index is 11.8. The summed E-state index contributed by atoms with van der Waals surface area (Å²) in [6.45, 7) is 0.903. The van der Waals surface area contributed by atoms with E-state index < -0.39 is 10.0 Å². The Morgan fingerprint density at radius 1 is 1.47 bits per heavy atom. The number of methoxy groups -OCH3 is 1. The lowest BCUT2D eigenvalue weighted by Gasteiger charge is -2.14. The Kier molecular flexibility index (Phi) is 5.52. The van der Waals surface area contributed by atoms with Gasteiger partial charge >= 0.3 is 0 Å². The fraction of sp³-hybridized carbons (Fsp3) is 1.00. The molecule has 0 aromatic heterocycles. The van der Waals surface area contributed by atoms with Crippen molar-refractivity contribution in [1.82, 2.24) is 4.72 Å². The molecule has 90 valence electrons. The molecule has 4 nitrogen and oxygen atoms in total. The lowest BCUT2D eigenvalue weighted by molar-refractivity contribution is 0.201. The standard InChI is InChI=1S/C9H18BrNO3S/c1-14-7-8(10)6-11-15(12,13)9-4-2-3-5-9/h8-9,11H,2-7H2,1H3. The van der Waals surface area contributed by atoms with Gasteiger partial charge in [-0.1, -0.05) is 28.8 Å². The summed E-state index contributed by atoms with van der Waals surface area (Å²) in [5.74, 6) is 0. The van der Waals surface area contributed by atoms with Gasteiger partial charge in [-0.15, -0.1) is 0 Å². The highest BCUT2D eigenvalue weighted by Crippen LogP contribution is 2.23.